The fraction of sp³-hybridized carbons (Fsp3) is 0.154. The summed E-state index contributed by atoms with van der Waals surface area (Å²) in [5.74, 6) is 1.63. The second-order valence-corrected chi connectivity index (χ2v) is 7.29. The largest absolute Gasteiger partial charge is 0.497 e. The Balaban J connectivity index is 1.52. The maximum atomic E-state index is 13.1. The number of fused-ring (bicyclic) bond motifs is 1. The van der Waals surface area contributed by atoms with E-state index in [1.165, 1.54) is 7.11 Å². The summed E-state index contributed by atoms with van der Waals surface area (Å²) < 4.78 is 22.0. The third-order valence-corrected chi connectivity index (χ3v) is 5.15. The number of methoxy groups -OCH3 is 2. The number of amides is 1. The quantitative estimate of drug-likeness (QED) is 0.440. The zero-order valence-corrected chi connectivity index (χ0v) is 18.5. The number of nitrogens with one attached hydrogen (secondary N) is 1. The minimum Gasteiger partial charge on any atom is -0.497 e. The van der Waals surface area contributed by atoms with Gasteiger partial charge in [-0.3, -0.25) is 9.59 Å². The highest BCUT2D eigenvalue weighted by atomic mass is 16.5. The summed E-state index contributed by atoms with van der Waals surface area (Å²) in [4.78, 5) is 25.5. The first-order valence-corrected chi connectivity index (χ1v) is 10.3. The molecule has 0 atom stereocenters. The predicted octanol–water partition coefficient (Wildman–Crippen LogP) is 4.80. The Bertz CT molecular complexity index is 1360. The molecular formula is C26H23NO6. The molecule has 0 unspecified atom stereocenters. The second-order valence-electron chi connectivity index (χ2n) is 7.29. The monoisotopic (exact) mass is 445 g/mol. The van der Waals surface area contributed by atoms with Gasteiger partial charge in [-0.2, -0.15) is 0 Å². The minimum absolute atomic E-state index is 0.116. The lowest BCUT2D eigenvalue weighted by atomic mass is 10.0. The molecule has 4 rings (SSSR count). The van der Waals surface area contributed by atoms with Crippen LogP contribution in [0.15, 0.2) is 75.9 Å². The molecule has 0 saturated carbocycles. The molecule has 0 bridgehead atoms. The fourth-order valence-corrected chi connectivity index (χ4v) is 3.56. The summed E-state index contributed by atoms with van der Waals surface area (Å²) in [5.41, 5.74) is 2.08. The van der Waals surface area contributed by atoms with Gasteiger partial charge in [0.2, 0.25) is 5.43 Å². The zero-order chi connectivity index (χ0) is 23.4. The van der Waals surface area contributed by atoms with E-state index in [0.717, 1.165) is 5.56 Å². The standard InChI is InChI=1S/C26H23NO6/c1-16-25(17-7-5-4-6-8-17)26(29)20-11-9-19(14-23(20)33-16)32-15-24(28)27-21-13-18(30-2)10-12-22(21)31-3/h4-14H,15H2,1-3H3,(H,27,28). The Kier molecular flexibility index (Phi) is 6.31. The number of anilines is 1. The van der Waals surface area contributed by atoms with Crippen LogP contribution >= 0.6 is 0 Å². The molecule has 0 aliphatic rings. The molecule has 7 nitrogen and oxygen atoms in total. The summed E-state index contributed by atoms with van der Waals surface area (Å²) in [6.45, 7) is 1.52. The number of carbonyl (C=O) groups excluding carboxylic acids is 1. The molecule has 4 aromatic rings. The Hall–Kier alpha value is -4.26. The van der Waals surface area contributed by atoms with Crippen LogP contribution in [0, 0.1) is 6.92 Å². The van der Waals surface area contributed by atoms with Gasteiger partial charge in [0.15, 0.2) is 6.61 Å². The lowest BCUT2D eigenvalue weighted by Crippen LogP contribution is -2.20. The number of benzene rings is 3. The lowest BCUT2D eigenvalue weighted by molar-refractivity contribution is -0.118. The second kappa shape index (κ2) is 9.48. The minimum atomic E-state index is -0.376. The predicted molar refractivity (Wildman–Crippen MR) is 126 cm³/mol. The van der Waals surface area contributed by atoms with Crippen LogP contribution in [0.5, 0.6) is 17.2 Å². The Morgan fingerprint density at radius 3 is 2.42 bits per heavy atom. The molecule has 1 heterocycles. The highest BCUT2D eigenvalue weighted by molar-refractivity contribution is 5.93. The van der Waals surface area contributed by atoms with Gasteiger partial charge in [-0.15, -0.1) is 0 Å². The van der Waals surface area contributed by atoms with Crippen LogP contribution in [0.3, 0.4) is 0 Å². The third kappa shape index (κ3) is 4.67. The van der Waals surface area contributed by atoms with Crippen molar-refractivity contribution in [2.45, 2.75) is 6.92 Å². The van der Waals surface area contributed by atoms with Gasteiger partial charge in [0.1, 0.15) is 28.6 Å². The van der Waals surface area contributed by atoms with Gasteiger partial charge >= 0.3 is 0 Å². The summed E-state index contributed by atoms with van der Waals surface area (Å²) in [5, 5.41) is 3.19. The molecule has 1 N–H and O–H groups in total. The molecule has 0 aliphatic heterocycles. The summed E-state index contributed by atoms with van der Waals surface area (Å²) in [6.07, 6.45) is 0. The molecule has 0 saturated heterocycles. The van der Waals surface area contributed by atoms with Gasteiger partial charge in [0.05, 0.1) is 30.9 Å². The lowest BCUT2D eigenvalue weighted by Gasteiger charge is -2.12. The maximum Gasteiger partial charge on any atom is 0.262 e. The molecular weight excluding hydrogens is 422 g/mol. The number of ether oxygens (including phenoxy) is 3. The van der Waals surface area contributed by atoms with E-state index in [2.05, 4.69) is 5.32 Å². The van der Waals surface area contributed by atoms with E-state index in [1.807, 2.05) is 30.3 Å². The number of hydrogen-bond donors (Lipinski definition) is 1. The molecule has 168 valence electrons. The van der Waals surface area contributed by atoms with Crippen LogP contribution in [0.4, 0.5) is 5.69 Å². The van der Waals surface area contributed by atoms with E-state index in [4.69, 9.17) is 18.6 Å². The van der Waals surface area contributed by atoms with Crippen LogP contribution in [0.25, 0.3) is 22.1 Å². The number of carbonyl (C=O) groups is 1. The SMILES string of the molecule is COc1ccc(OC)c(NC(=O)COc2ccc3c(=O)c(-c4ccccc4)c(C)oc3c2)c1. The molecule has 0 radical (unpaired) electrons. The topological polar surface area (TPSA) is 87.0 Å². The van der Waals surface area contributed by atoms with Crippen molar-refractivity contribution < 1.29 is 23.4 Å². The highest BCUT2D eigenvalue weighted by Crippen LogP contribution is 2.29. The number of hydrogen-bond acceptors (Lipinski definition) is 6. The fourth-order valence-electron chi connectivity index (χ4n) is 3.56. The van der Waals surface area contributed by atoms with E-state index in [9.17, 15) is 9.59 Å². The zero-order valence-electron chi connectivity index (χ0n) is 18.5. The number of rotatable bonds is 7. The van der Waals surface area contributed by atoms with Crippen molar-refractivity contribution in [1.82, 2.24) is 0 Å². The molecule has 0 fully saturated rings. The molecule has 7 heteroatoms. The van der Waals surface area contributed by atoms with E-state index in [0.29, 0.717) is 45.2 Å². The molecule has 0 spiro atoms. The van der Waals surface area contributed by atoms with E-state index >= 15 is 0 Å². The Morgan fingerprint density at radius 2 is 1.70 bits per heavy atom. The van der Waals surface area contributed by atoms with Crippen molar-refractivity contribution >= 4 is 22.6 Å². The molecule has 1 amide bonds. The van der Waals surface area contributed by atoms with Crippen LogP contribution in [0.2, 0.25) is 0 Å². The number of aryl methyl sites for hydroxylation is 1. The van der Waals surface area contributed by atoms with E-state index < -0.39 is 0 Å². The first-order valence-electron chi connectivity index (χ1n) is 10.3. The third-order valence-electron chi connectivity index (χ3n) is 5.15. The smallest absolute Gasteiger partial charge is 0.262 e. The summed E-state index contributed by atoms with van der Waals surface area (Å²) >= 11 is 0. The van der Waals surface area contributed by atoms with Crippen LogP contribution in [-0.4, -0.2) is 26.7 Å². The van der Waals surface area contributed by atoms with Gasteiger partial charge in [0, 0.05) is 12.1 Å². The van der Waals surface area contributed by atoms with E-state index in [1.54, 1.807) is 50.4 Å². The van der Waals surface area contributed by atoms with Crippen molar-refractivity contribution in [1.29, 1.82) is 0 Å². The van der Waals surface area contributed by atoms with Crippen molar-refractivity contribution in [3.63, 3.8) is 0 Å². The molecule has 0 aliphatic carbocycles. The van der Waals surface area contributed by atoms with Gasteiger partial charge in [-0.25, -0.2) is 0 Å². The van der Waals surface area contributed by atoms with Crippen LogP contribution < -0.4 is 25.0 Å². The Labute approximate surface area is 190 Å². The van der Waals surface area contributed by atoms with Crippen LogP contribution in [-0.2, 0) is 4.79 Å². The van der Waals surface area contributed by atoms with Crippen molar-refractivity contribution in [3.8, 4) is 28.4 Å². The summed E-state index contributed by atoms with van der Waals surface area (Å²) in [7, 11) is 3.06. The van der Waals surface area contributed by atoms with Crippen molar-refractivity contribution in [2.24, 2.45) is 0 Å². The normalized spacial score (nSPS) is 10.6. The first-order chi connectivity index (χ1) is 16.0. The van der Waals surface area contributed by atoms with Gasteiger partial charge in [-0.05, 0) is 36.8 Å². The first kappa shape index (κ1) is 22.0. The molecule has 33 heavy (non-hydrogen) atoms. The van der Waals surface area contributed by atoms with Crippen molar-refractivity contribution in [3.05, 3.63) is 82.7 Å². The van der Waals surface area contributed by atoms with Gasteiger partial charge in [-0.1, -0.05) is 30.3 Å². The maximum absolute atomic E-state index is 13.1. The van der Waals surface area contributed by atoms with E-state index in [-0.39, 0.29) is 17.9 Å². The van der Waals surface area contributed by atoms with Crippen LogP contribution in [0.1, 0.15) is 5.76 Å². The van der Waals surface area contributed by atoms with Gasteiger partial charge < -0.3 is 23.9 Å². The Morgan fingerprint density at radius 1 is 0.939 bits per heavy atom. The average molecular weight is 445 g/mol. The van der Waals surface area contributed by atoms with Gasteiger partial charge in [0.25, 0.3) is 5.91 Å². The average Bonchev–Trinajstić information content (AvgIpc) is 2.83. The van der Waals surface area contributed by atoms with Crippen molar-refractivity contribution in [2.75, 3.05) is 26.1 Å². The highest BCUT2D eigenvalue weighted by Gasteiger charge is 2.15. The summed E-state index contributed by atoms with van der Waals surface area (Å²) in [6, 6.07) is 19.4. The molecule has 3 aromatic carbocycles. The molecule has 1 aromatic heterocycles.